The molecule has 0 atom stereocenters. The minimum absolute atomic E-state index is 0.555. The van der Waals surface area contributed by atoms with Crippen molar-refractivity contribution in [2.45, 2.75) is 40.5 Å². The quantitative estimate of drug-likeness (QED) is 0.694. The summed E-state index contributed by atoms with van der Waals surface area (Å²) in [6, 6.07) is 4.21. The van der Waals surface area contributed by atoms with Gasteiger partial charge in [-0.1, -0.05) is 32.9 Å². The number of nitrogens with zero attached hydrogens (tertiary/aromatic N) is 1. The molecule has 0 radical (unpaired) electrons. The number of hydrogen-bond acceptors (Lipinski definition) is 2. The molecule has 0 N–H and O–H groups in total. The van der Waals surface area contributed by atoms with Gasteiger partial charge in [-0.25, -0.2) is 0 Å². The molecular formula is C13H19NO. The van der Waals surface area contributed by atoms with E-state index in [-0.39, 0.29) is 0 Å². The maximum Gasteiger partial charge on any atom is 0.167 e. The van der Waals surface area contributed by atoms with Crippen LogP contribution in [-0.4, -0.2) is 5.16 Å². The summed E-state index contributed by atoms with van der Waals surface area (Å²) in [5.74, 6) is 0.555. The maximum atomic E-state index is 5.08. The molecule has 82 valence electrons. The summed E-state index contributed by atoms with van der Waals surface area (Å²) in [5.41, 5.74) is 3.52. The second-order valence-corrected chi connectivity index (χ2v) is 3.73. The Kier molecular flexibility index (Phi) is 3.89. The molecule has 1 aromatic carbocycles. The van der Waals surface area contributed by atoms with Crippen LogP contribution in [-0.2, 0) is 0 Å². The minimum Gasteiger partial charge on any atom is -0.356 e. The van der Waals surface area contributed by atoms with Crippen LogP contribution in [0.4, 0.5) is 0 Å². The van der Waals surface area contributed by atoms with E-state index in [9.17, 15) is 0 Å². The summed E-state index contributed by atoms with van der Waals surface area (Å²) in [6.07, 6.45) is 1.76. The van der Waals surface area contributed by atoms with E-state index in [0.717, 1.165) is 11.0 Å². The zero-order chi connectivity index (χ0) is 11.4. The Labute approximate surface area is 91.3 Å². The molecule has 0 unspecified atom stereocenters. The minimum atomic E-state index is 0.555. The standard InChI is InChI=1S/C11H13NO.C2H6/c1-7(2)10-5-9-6-12-13-11(9)4-8(10)3;1-2/h4-7H,1-3H3;1-2H3. The van der Waals surface area contributed by atoms with Crippen LogP contribution in [0.5, 0.6) is 0 Å². The van der Waals surface area contributed by atoms with Crippen LogP contribution in [0, 0.1) is 6.92 Å². The van der Waals surface area contributed by atoms with Gasteiger partial charge in [-0.15, -0.1) is 0 Å². The van der Waals surface area contributed by atoms with Crippen molar-refractivity contribution in [3.63, 3.8) is 0 Å². The molecule has 0 saturated carbocycles. The molecule has 0 spiro atoms. The van der Waals surface area contributed by atoms with E-state index in [0.29, 0.717) is 5.92 Å². The van der Waals surface area contributed by atoms with Crippen molar-refractivity contribution in [2.75, 3.05) is 0 Å². The highest BCUT2D eigenvalue weighted by Crippen LogP contribution is 2.24. The number of rotatable bonds is 1. The summed E-state index contributed by atoms with van der Waals surface area (Å²) in [6.45, 7) is 10.5. The van der Waals surface area contributed by atoms with Crippen molar-refractivity contribution >= 4 is 11.0 Å². The van der Waals surface area contributed by atoms with Gasteiger partial charge in [0.2, 0.25) is 0 Å². The number of benzene rings is 1. The van der Waals surface area contributed by atoms with Gasteiger partial charge in [0.1, 0.15) is 0 Å². The lowest BCUT2D eigenvalue weighted by Crippen LogP contribution is -1.90. The molecule has 0 aliphatic rings. The topological polar surface area (TPSA) is 26.0 Å². The second-order valence-electron chi connectivity index (χ2n) is 3.73. The largest absolute Gasteiger partial charge is 0.356 e. The zero-order valence-corrected chi connectivity index (χ0v) is 10.2. The van der Waals surface area contributed by atoms with Gasteiger partial charge >= 0.3 is 0 Å². The van der Waals surface area contributed by atoms with E-state index < -0.39 is 0 Å². The van der Waals surface area contributed by atoms with Gasteiger partial charge in [-0.05, 0) is 36.1 Å². The molecule has 0 saturated heterocycles. The predicted molar refractivity (Wildman–Crippen MR) is 64.2 cm³/mol. The molecule has 2 rings (SSSR count). The van der Waals surface area contributed by atoms with Crippen LogP contribution in [0.15, 0.2) is 22.9 Å². The highest BCUT2D eigenvalue weighted by molar-refractivity contribution is 5.77. The Balaban J connectivity index is 0.000000531. The molecule has 1 aromatic heterocycles. The molecule has 15 heavy (non-hydrogen) atoms. The van der Waals surface area contributed by atoms with E-state index in [1.807, 2.05) is 13.8 Å². The first-order chi connectivity index (χ1) is 7.18. The summed E-state index contributed by atoms with van der Waals surface area (Å²) < 4.78 is 5.08. The van der Waals surface area contributed by atoms with Crippen molar-refractivity contribution in [3.05, 3.63) is 29.5 Å². The van der Waals surface area contributed by atoms with E-state index in [4.69, 9.17) is 4.52 Å². The fourth-order valence-corrected chi connectivity index (χ4v) is 1.66. The first-order valence-corrected chi connectivity index (χ1v) is 5.53. The smallest absolute Gasteiger partial charge is 0.167 e. The lowest BCUT2D eigenvalue weighted by molar-refractivity contribution is 0.456. The van der Waals surface area contributed by atoms with Crippen molar-refractivity contribution in [2.24, 2.45) is 0 Å². The molecule has 0 bridgehead atoms. The number of hydrogen-bond donors (Lipinski definition) is 0. The van der Waals surface area contributed by atoms with E-state index >= 15 is 0 Å². The van der Waals surface area contributed by atoms with Crippen molar-refractivity contribution in [3.8, 4) is 0 Å². The normalized spacial score (nSPS) is 10.3. The predicted octanol–water partition coefficient (Wildman–Crippen LogP) is 4.29. The average molecular weight is 205 g/mol. The van der Waals surface area contributed by atoms with E-state index in [1.165, 1.54) is 11.1 Å². The summed E-state index contributed by atoms with van der Waals surface area (Å²) in [5, 5.41) is 4.86. The fourth-order valence-electron chi connectivity index (χ4n) is 1.66. The van der Waals surface area contributed by atoms with Crippen molar-refractivity contribution in [1.82, 2.24) is 5.16 Å². The third kappa shape index (κ3) is 2.38. The van der Waals surface area contributed by atoms with Crippen molar-refractivity contribution < 1.29 is 4.52 Å². The highest BCUT2D eigenvalue weighted by Gasteiger charge is 2.07. The van der Waals surface area contributed by atoms with Gasteiger partial charge in [0.25, 0.3) is 0 Å². The Morgan fingerprint density at radius 3 is 2.47 bits per heavy atom. The Morgan fingerprint density at radius 2 is 1.87 bits per heavy atom. The van der Waals surface area contributed by atoms with Crippen LogP contribution in [0.25, 0.3) is 11.0 Å². The van der Waals surface area contributed by atoms with Crippen molar-refractivity contribution in [1.29, 1.82) is 0 Å². The molecule has 0 aliphatic heterocycles. The van der Waals surface area contributed by atoms with Crippen LogP contribution in [0.3, 0.4) is 0 Å². The third-order valence-corrected chi connectivity index (χ3v) is 2.36. The Morgan fingerprint density at radius 1 is 1.20 bits per heavy atom. The SMILES string of the molecule is CC.Cc1cc2oncc2cc1C(C)C. The molecule has 0 aliphatic carbocycles. The van der Waals surface area contributed by atoms with Crippen LogP contribution >= 0.6 is 0 Å². The van der Waals surface area contributed by atoms with Gasteiger partial charge < -0.3 is 4.52 Å². The van der Waals surface area contributed by atoms with Gasteiger partial charge in [0, 0.05) is 5.39 Å². The summed E-state index contributed by atoms with van der Waals surface area (Å²) in [4.78, 5) is 0. The Bertz CT molecular complexity index is 429. The first-order valence-electron chi connectivity index (χ1n) is 5.53. The van der Waals surface area contributed by atoms with E-state index in [1.54, 1.807) is 6.20 Å². The van der Waals surface area contributed by atoms with Gasteiger partial charge in [0.15, 0.2) is 5.58 Å². The molecular weight excluding hydrogens is 186 g/mol. The van der Waals surface area contributed by atoms with Crippen LogP contribution in [0.2, 0.25) is 0 Å². The number of fused-ring (bicyclic) bond motifs is 1. The van der Waals surface area contributed by atoms with E-state index in [2.05, 4.69) is 38.1 Å². The van der Waals surface area contributed by atoms with Gasteiger partial charge in [-0.3, -0.25) is 0 Å². The molecule has 0 fully saturated rings. The molecule has 2 nitrogen and oxygen atoms in total. The lowest BCUT2D eigenvalue weighted by atomic mass is 9.97. The average Bonchev–Trinajstić information content (AvgIpc) is 2.66. The maximum absolute atomic E-state index is 5.08. The highest BCUT2D eigenvalue weighted by atomic mass is 16.5. The number of aromatic nitrogens is 1. The van der Waals surface area contributed by atoms with Gasteiger partial charge in [0.05, 0.1) is 6.20 Å². The third-order valence-electron chi connectivity index (χ3n) is 2.36. The molecule has 2 heteroatoms. The second kappa shape index (κ2) is 4.96. The number of aryl methyl sites for hydroxylation is 1. The summed E-state index contributed by atoms with van der Waals surface area (Å²) >= 11 is 0. The molecule has 2 aromatic rings. The monoisotopic (exact) mass is 205 g/mol. The fraction of sp³-hybridized carbons (Fsp3) is 0.462. The molecule has 1 heterocycles. The van der Waals surface area contributed by atoms with Gasteiger partial charge in [-0.2, -0.15) is 0 Å². The first kappa shape index (κ1) is 11.8. The molecule has 0 amide bonds. The van der Waals surface area contributed by atoms with Crippen LogP contribution < -0.4 is 0 Å². The van der Waals surface area contributed by atoms with Crippen LogP contribution in [0.1, 0.15) is 44.7 Å². The Hall–Kier alpha value is -1.31. The zero-order valence-electron chi connectivity index (χ0n) is 10.2. The lowest BCUT2D eigenvalue weighted by Gasteiger charge is -2.08. The summed E-state index contributed by atoms with van der Waals surface area (Å²) in [7, 11) is 0.